The molecule has 5 nitrogen and oxygen atoms in total. The van der Waals surface area contributed by atoms with E-state index in [0.717, 1.165) is 16.5 Å². The molecule has 0 saturated heterocycles. The summed E-state index contributed by atoms with van der Waals surface area (Å²) in [5.41, 5.74) is 7.16. The first kappa shape index (κ1) is 12.4. The summed E-state index contributed by atoms with van der Waals surface area (Å²) in [6.07, 6.45) is 0.587. The number of phenols is 1. The molecule has 2 aromatic rings. The topological polar surface area (TPSA) is 77.5 Å². The molecule has 96 valence electrons. The number of phenolic OH excluding ortho intramolecular Hbond substituents is 1. The summed E-state index contributed by atoms with van der Waals surface area (Å²) in [5, 5.41) is 10.4. The third-order valence-corrected chi connectivity index (χ3v) is 2.91. The number of carbonyl (C=O) groups is 1. The maximum atomic E-state index is 11.7. The highest BCUT2D eigenvalue weighted by molar-refractivity contribution is 5.97. The maximum absolute atomic E-state index is 11.7. The number of rotatable bonds is 3. The number of hydrogen-bond acceptors (Lipinski definition) is 4. The number of carbonyl (C=O) groups excluding carboxylic acids is 1. The Balaban J connectivity index is 2.85. The molecule has 0 unspecified atom stereocenters. The van der Waals surface area contributed by atoms with Crippen molar-refractivity contribution in [1.82, 2.24) is 4.57 Å². The van der Waals surface area contributed by atoms with Crippen LogP contribution in [0, 0.1) is 0 Å². The van der Waals surface area contributed by atoms with Crippen LogP contribution < -0.4 is 10.5 Å². The zero-order chi connectivity index (χ0) is 13.3. The molecule has 1 heterocycles. The van der Waals surface area contributed by atoms with Crippen molar-refractivity contribution in [2.45, 2.75) is 13.3 Å². The molecule has 0 spiro atoms. The fraction of sp³-hybridized carbons (Fsp3) is 0.308. The Kier molecular flexibility index (Phi) is 3.25. The molecule has 0 saturated carbocycles. The normalized spacial score (nSPS) is 10.8. The van der Waals surface area contributed by atoms with Gasteiger partial charge >= 0.3 is 0 Å². The largest absolute Gasteiger partial charge is 0.508 e. The van der Waals surface area contributed by atoms with E-state index in [1.165, 1.54) is 18.6 Å². The Morgan fingerprint density at radius 3 is 2.78 bits per heavy atom. The molecular formula is C13H16N2O3. The average molecular weight is 248 g/mol. The van der Waals surface area contributed by atoms with E-state index >= 15 is 0 Å². The molecule has 0 atom stereocenters. The van der Waals surface area contributed by atoms with Crippen LogP contribution in [0.25, 0.3) is 10.9 Å². The molecule has 1 aromatic carbocycles. The van der Waals surface area contributed by atoms with Gasteiger partial charge in [-0.05, 0) is 31.2 Å². The number of aromatic nitrogens is 1. The van der Waals surface area contributed by atoms with Gasteiger partial charge in [0.1, 0.15) is 5.75 Å². The first-order valence-electron chi connectivity index (χ1n) is 5.71. The van der Waals surface area contributed by atoms with E-state index in [9.17, 15) is 9.90 Å². The molecule has 0 bridgehead atoms. The number of nitrogens with zero attached hydrogens (tertiary/aromatic N) is 1. The van der Waals surface area contributed by atoms with Gasteiger partial charge in [0.05, 0.1) is 12.6 Å². The van der Waals surface area contributed by atoms with Crippen LogP contribution in [0.2, 0.25) is 0 Å². The number of benzene rings is 1. The van der Waals surface area contributed by atoms with Crippen molar-refractivity contribution in [3.05, 3.63) is 23.8 Å². The number of fused-ring (bicyclic) bond motifs is 1. The predicted molar refractivity (Wildman–Crippen MR) is 69.2 cm³/mol. The summed E-state index contributed by atoms with van der Waals surface area (Å²) < 4.78 is 6.82. The third kappa shape index (κ3) is 1.82. The molecule has 3 N–H and O–H groups in total. The Labute approximate surface area is 105 Å². The lowest BCUT2D eigenvalue weighted by Crippen LogP contribution is -2.09. The van der Waals surface area contributed by atoms with Gasteiger partial charge in [-0.15, -0.1) is 0 Å². The summed E-state index contributed by atoms with van der Waals surface area (Å²) in [6.45, 7) is 1.92. The molecule has 0 amide bonds. The van der Waals surface area contributed by atoms with Crippen molar-refractivity contribution in [1.29, 1.82) is 0 Å². The van der Waals surface area contributed by atoms with E-state index in [1.807, 2.05) is 0 Å². The molecule has 5 heteroatoms. The first-order chi connectivity index (χ1) is 8.60. The van der Waals surface area contributed by atoms with Crippen LogP contribution in [-0.2, 0) is 6.42 Å². The van der Waals surface area contributed by atoms with Gasteiger partial charge in [-0.25, -0.2) is 0 Å². The number of aromatic hydroxyl groups is 1. The summed E-state index contributed by atoms with van der Waals surface area (Å²) >= 11 is 0. The fourth-order valence-electron chi connectivity index (χ4n) is 2.23. The van der Waals surface area contributed by atoms with Gasteiger partial charge in [0.2, 0.25) is 11.8 Å². The van der Waals surface area contributed by atoms with E-state index < -0.39 is 0 Å². The minimum absolute atomic E-state index is 0.134. The zero-order valence-electron chi connectivity index (χ0n) is 10.4. The van der Waals surface area contributed by atoms with Crippen LogP contribution >= 0.6 is 0 Å². The van der Waals surface area contributed by atoms with Crippen LogP contribution in [0.1, 0.15) is 17.3 Å². The Hall–Kier alpha value is -2.01. The molecule has 0 aliphatic carbocycles. The highest BCUT2D eigenvalue weighted by atomic mass is 16.5. The van der Waals surface area contributed by atoms with Crippen LogP contribution in [0.3, 0.4) is 0 Å². The second-order valence-electron chi connectivity index (χ2n) is 4.08. The predicted octanol–water partition coefficient (Wildman–Crippen LogP) is 1.52. The van der Waals surface area contributed by atoms with Gasteiger partial charge in [0.15, 0.2) is 0 Å². The van der Waals surface area contributed by atoms with E-state index in [4.69, 9.17) is 10.5 Å². The molecule has 0 aliphatic heterocycles. The highest BCUT2D eigenvalue weighted by Gasteiger charge is 2.19. The molecule has 2 rings (SSSR count). The molecule has 18 heavy (non-hydrogen) atoms. The van der Waals surface area contributed by atoms with Crippen molar-refractivity contribution in [2.24, 2.45) is 5.73 Å². The SMILES string of the molecule is COc1c(CCN)c2cc(O)ccc2n1C(C)=O. The summed E-state index contributed by atoms with van der Waals surface area (Å²) in [4.78, 5) is 11.7. The van der Waals surface area contributed by atoms with Crippen molar-refractivity contribution in [3.63, 3.8) is 0 Å². The lowest BCUT2D eigenvalue weighted by molar-refractivity contribution is 0.0932. The van der Waals surface area contributed by atoms with Crippen molar-refractivity contribution in [3.8, 4) is 11.6 Å². The number of ether oxygens (including phenoxy) is 1. The van der Waals surface area contributed by atoms with E-state index in [2.05, 4.69) is 0 Å². The van der Waals surface area contributed by atoms with Gasteiger partial charge in [-0.3, -0.25) is 9.36 Å². The Bertz CT molecular complexity index is 602. The minimum atomic E-state index is -0.134. The number of methoxy groups -OCH3 is 1. The number of hydrogen-bond donors (Lipinski definition) is 2. The second kappa shape index (κ2) is 4.70. The van der Waals surface area contributed by atoms with Crippen LogP contribution in [0.5, 0.6) is 11.6 Å². The van der Waals surface area contributed by atoms with Gasteiger partial charge in [-0.2, -0.15) is 0 Å². The molecule has 0 fully saturated rings. The smallest absolute Gasteiger partial charge is 0.230 e. The van der Waals surface area contributed by atoms with Gasteiger partial charge < -0.3 is 15.6 Å². The van der Waals surface area contributed by atoms with E-state index in [0.29, 0.717) is 18.8 Å². The molecule has 0 radical (unpaired) electrons. The monoisotopic (exact) mass is 248 g/mol. The first-order valence-corrected chi connectivity index (χ1v) is 5.71. The molecule has 1 aromatic heterocycles. The fourth-order valence-corrected chi connectivity index (χ4v) is 2.23. The van der Waals surface area contributed by atoms with Crippen molar-refractivity contribution >= 4 is 16.8 Å². The van der Waals surface area contributed by atoms with Crippen LogP contribution in [0.15, 0.2) is 18.2 Å². The summed E-state index contributed by atoms with van der Waals surface area (Å²) in [6, 6.07) is 4.88. The van der Waals surface area contributed by atoms with Crippen molar-refractivity contribution in [2.75, 3.05) is 13.7 Å². The van der Waals surface area contributed by atoms with E-state index in [-0.39, 0.29) is 11.7 Å². The van der Waals surface area contributed by atoms with Gasteiger partial charge in [0.25, 0.3) is 0 Å². The lowest BCUT2D eigenvalue weighted by atomic mass is 10.1. The summed E-state index contributed by atoms with van der Waals surface area (Å²) in [5.74, 6) is 0.517. The molecular weight excluding hydrogens is 232 g/mol. The van der Waals surface area contributed by atoms with Crippen molar-refractivity contribution < 1.29 is 14.6 Å². The van der Waals surface area contributed by atoms with Crippen LogP contribution in [-0.4, -0.2) is 29.2 Å². The Morgan fingerprint density at radius 1 is 1.50 bits per heavy atom. The van der Waals surface area contributed by atoms with E-state index in [1.54, 1.807) is 18.2 Å². The van der Waals surface area contributed by atoms with Gasteiger partial charge in [0, 0.05) is 17.9 Å². The second-order valence-corrected chi connectivity index (χ2v) is 4.08. The quantitative estimate of drug-likeness (QED) is 0.863. The number of nitrogens with two attached hydrogens (primary N) is 1. The highest BCUT2D eigenvalue weighted by Crippen LogP contribution is 2.34. The third-order valence-electron chi connectivity index (χ3n) is 2.91. The van der Waals surface area contributed by atoms with Crippen LogP contribution in [0.4, 0.5) is 0 Å². The zero-order valence-corrected chi connectivity index (χ0v) is 10.4. The maximum Gasteiger partial charge on any atom is 0.230 e. The summed E-state index contributed by atoms with van der Waals surface area (Å²) in [7, 11) is 1.52. The molecule has 0 aliphatic rings. The lowest BCUT2D eigenvalue weighted by Gasteiger charge is -2.06. The van der Waals surface area contributed by atoms with Gasteiger partial charge in [-0.1, -0.05) is 0 Å². The average Bonchev–Trinajstić information content (AvgIpc) is 2.63. The standard InChI is InChI=1S/C13H16N2O3/c1-8(16)15-12-4-3-9(17)7-11(12)10(5-6-14)13(15)18-2/h3-4,7,17H,5-6,14H2,1-2H3. The minimum Gasteiger partial charge on any atom is -0.508 e. The Morgan fingerprint density at radius 2 is 2.22 bits per heavy atom.